The number of nitrogens with one attached hydrogen (secondary N) is 1. The molecule has 5 heteroatoms. The summed E-state index contributed by atoms with van der Waals surface area (Å²) in [7, 11) is 0. The van der Waals surface area contributed by atoms with E-state index in [0.29, 0.717) is 6.54 Å². The first-order valence-corrected chi connectivity index (χ1v) is 5.33. The van der Waals surface area contributed by atoms with Crippen LogP contribution in [0.3, 0.4) is 0 Å². The van der Waals surface area contributed by atoms with E-state index >= 15 is 0 Å². The molecule has 1 rings (SSSR count). The molecular formula is C10H12BrF2NO. The normalized spacial score (nSPS) is 10.7. The van der Waals surface area contributed by atoms with E-state index in [0.717, 1.165) is 10.2 Å². The maximum Gasteiger partial charge on any atom is 0.261 e. The number of halogens is 3. The number of ether oxygens (including phenoxy) is 1. The molecule has 0 saturated carbocycles. The molecule has 1 aromatic rings. The number of benzene rings is 1. The average Bonchev–Trinajstić information content (AvgIpc) is 2.20. The highest BCUT2D eigenvalue weighted by atomic mass is 79.9. The van der Waals surface area contributed by atoms with Crippen LogP contribution in [-0.2, 0) is 4.74 Å². The predicted molar refractivity (Wildman–Crippen MR) is 59.5 cm³/mol. The summed E-state index contributed by atoms with van der Waals surface area (Å²) in [6, 6.07) is 7.61. The number of alkyl halides is 2. The number of anilines is 1. The van der Waals surface area contributed by atoms with Crippen LogP contribution in [0.25, 0.3) is 0 Å². The Labute approximate surface area is 95.8 Å². The largest absolute Gasteiger partial charge is 0.382 e. The lowest BCUT2D eigenvalue weighted by atomic mass is 10.3. The molecule has 0 aromatic heterocycles. The van der Waals surface area contributed by atoms with E-state index in [4.69, 9.17) is 4.74 Å². The summed E-state index contributed by atoms with van der Waals surface area (Å²) in [4.78, 5) is 0. The Morgan fingerprint density at radius 3 is 2.73 bits per heavy atom. The van der Waals surface area contributed by atoms with Gasteiger partial charge in [-0.25, -0.2) is 8.78 Å². The maximum absolute atomic E-state index is 11.7. The third-order valence-electron chi connectivity index (χ3n) is 1.68. The second-order valence-electron chi connectivity index (χ2n) is 2.87. The van der Waals surface area contributed by atoms with Gasteiger partial charge in [-0.3, -0.25) is 0 Å². The van der Waals surface area contributed by atoms with Crippen LogP contribution in [0.4, 0.5) is 14.5 Å². The Morgan fingerprint density at radius 1 is 1.33 bits per heavy atom. The highest BCUT2D eigenvalue weighted by Crippen LogP contribution is 2.20. The molecule has 0 spiro atoms. The monoisotopic (exact) mass is 279 g/mol. The summed E-state index contributed by atoms with van der Waals surface area (Å²) in [5.74, 6) is 0. The van der Waals surface area contributed by atoms with Gasteiger partial charge in [0.2, 0.25) is 0 Å². The minimum atomic E-state index is -2.39. The van der Waals surface area contributed by atoms with E-state index in [9.17, 15) is 8.78 Å². The van der Waals surface area contributed by atoms with Crippen molar-refractivity contribution in [2.75, 3.05) is 25.1 Å². The van der Waals surface area contributed by atoms with E-state index in [1.165, 1.54) is 0 Å². The van der Waals surface area contributed by atoms with Crippen molar-refractivity contribution in [1.29, 1.82) is 0 Å². The first-order chi connectivity index (χ1) is 7.20. The molecule has 0 aliphatic heterocycles. The van der Waals surface area contributed by atoms with E-state index < -0.39 is 13.0 Å². The summed E-state index contributed by atoms with van der Waals surface area (Å²) in [5, 5.41) is 3.07. The summed E-state index contributed by atoms with van der Waals surface area (Å²) in [5.41, 5.74) is 0.929. The summed E-state index contributed by atoms with van der Waals surface area (Å²) in [6.07, 6.45) is -2.39. The van der Waals surface area contributed by atoms with E-state index in [1.54, 1.807) is 0 Å². The van der Waals surface area contributed by atoms with Gasteiger partial charge >= 0.3 is 0 Å². The second-order valence-corrected chi connectivity index (χ2v) is 3.73. The molecule has 0 aliphatic carbocycles. The van der Waals surface area contributed by atoms with Crippen molar-refractivity contribution >= 4 is 21.6 Å². The molecular weight excluding hydrogens is 268 g/mol. The van der Waals surface area contributed by atoms with Gasteiger partial charge in [0.15, 0.2) is 0 Å². The van der Waals surface area contributed by atoms with E-state index in [-0.39, 0.29) is 6.61 Å². The zero-order chi connectivity index (χ0) is 11.1. The van der Waals surface area contributed by atoms with Gasteiger partial charge in [-0.1, -0.05) is 12.1 Å². The van der Waals surface area contributed by atoms with Crippen molar-refractivity contribution in [3.8, 4) is 0 Å². The Morgan fingerprint density at radius 2 is 2.07 bits per heavy atom. The molecule has 0 saturated heterocycles. The van der Waals surface area contributed by atoms with Crippen molar-refractivity contribution in [1.82, 2.24) is 0 Å². The van der Waals surface area contributed by atoms with Gasteiger partial charge < -0.3 is 10.1 Å². The highest BCUT2D eigenvalue weighted by Gasteiger charge is 2.01. The quantitative estimate of drug-likeness (QED) is 0.808. The minimum absolute atomic E-state index is 0.270. The van der Waals surface area contributed by atoms with E-state index in [2.05, 4.69) is 21.2 Å². The molecule has 0 unspecified atom stereocenters. The van der Waals surface area contributed by atoms with Gasteiger partial charge in [-0.05, 0) is 28.1 Å². The topological polar surface area (TPSA) is 21.3 Å². The predicted octanol–water partition coefficient (Wildman–Crippen LogP) is 3.14. The van der Waals surface area contributed by atoms with Gasteiger partial charge in [-0.15, -0.1) is 0 Å². The first kappa shape index (κ1) is 12.4. The molecule has 0 aliphatic rings. The molecule has 1 aromatic carbocycles. The average molecular weight is 280 g/mol. The third kappa shape index (κ3) is 5.09. The van der Waals surface area contributed by atoms with Crippen molar-refractivity contribution in [2.24, 2.45) is 0 Å². The molecule has 0 radical (unpaired) electrons. The Hall–Kier alpha value is -0.680. The van der Waals surface area contributed by atoms with Crippen molar-refractivity contribution in [2.45, 2.75) is 6.43 Å². The summed E-state index contributed by atoms with van der Waals surface area (Å²) < 4.78 is 29.1. The molecule has 0 fully saturated rings. The van der Waals surface area contributed by atoms with Gasteiger partial charge in [0.05, 0.1) is 6.61 Å². The summed E-state index contributed by atoms with van der Waals surface area (Å²) in [6.45, 7) is 0.276. The lowest BCUT2D eigenvalue weighted by Crippen LogP contribution is -2.13. The smallest absolute Gasteiger partial charge is 0.261 e. The standard InChI is InChI=1S/C10H12BrF2NO/c11-8-3-1-2-4-9(8)14-5-6-15-7-10(12)13/h1-4,10,14H,5-7H2. The first-order valence-electron chi connectivity index (χ1n) is 4.54. The molecule has 15 heavy (non-hydrogen) atoms. The minimum Gasteiger partial charge on any atom is -0.382 e. The van der Waals surface area contributed by atoms with Gasteiger partial charge in [0, 0.05) is 16.7 Å². The van der Waals surface area contributed by atoms with Gasteiger partial charge in [0.1, 0.15) is 6.61 Å². The fourth-order valence-corrected chi connectivity index (χ4v) is 1.46. The number of para-hydroxylation sites is 1. The van der Waals surface area contributed by atoms with Crippen LogP contribution in [0.5, 0.6) is 0 Å². The molecule has 1 N–H and O–H groups in total. The van der Waals surface area contributed by atoms with Crippen molar-refractivity contribution < 1.29 is 13.5 Å². The lowest BCUT2D eigenvalue weighted by molar-refractivity contribution is 0.0215. The van der Waals surface area contributed by atoms with Crippen molar-refractivity contribution in [3.05, 3.63) is 28.7 Å². The SMILES string of the molecule is FC(F)COCCNc1ccccc1Br. The Kier molecular flexibility index (Phi) is 5.57. The maximum atomic E-state index is 11.7. The number of rotatable bonds is 6. The Balaban J connectivity index is 2.18. The fraction of sp³-hybridized carbons (Fsp3) is 0.400. The molecule has 84 valence electrons. The summed E-state index contributed by atoms with van der Waals surface area (Å²) >= 11 is 3.37. The zero-order valence-corrected chi connectivity index (χ0v) is 9.64. The van der Waals surface area contributed by atoms with Crippen LogP contribution in [0.15, 0.2) is 28.7 Å². The number of hydrogen-bond acceptors (Lipinski definition) is 2. The molecule has 0 bridgehead atoms. The van der Waals surface area contributed by atoms with Crippen LogP contribution in [-0.4, -0.2) is 26.2 Å². The molecule has 0 atom stereocenters. The third-order valence-corrected chi connectivity index (χ3v) is 2.37. The zero-order valence-electron chi connectivity index (χ0n) is 8.05. The highest BCUT2D eigenvalue weighted by molar-refractivity contribution is 9.10. The Bertz CT molecular complexity index is 297. The van der Waals surface area contributed by atoms with Crippen LogP contribution >= 0.6 is 15.9 Å². The van der Waals surface area contributed by atoms with Crippen LogP contribution < -0.4 is 5.32 Å². The van der Waals surface area contributed by atoms with Crippen LogP contribution in [0.2, 0.25) is 0 Å². The fourth-order valence-electron chi connectivity index (χ4n) is 1.03. The van der Waals surface area contributed by atoms with Crippen LogP contribution in [0.1, 0.15) is 0 Å². The molecule has 0 heterocycles. The van der Waals surface area contributed by atoms with Gasteiger partial charge in [0.25, 0.3) is 6.43 Å². The van der Waals surface area contributed by atoms with Crippen molar-refractivity contribution in [3.63, 3.8) is 0 Å². The molecule has 2 nitrogen and oxygen atoms in total. The number of hydrogen-bond donors (Lipinski definition) is 1. The molecule has 0 amide bonds. The second kappa shape index (κ2) is 6.74. The van der Waals surface area contributed by atoms with E-state index in [1.807, 2.05) is 24.3 Å². The lowest BCUT2D eigenvalue weighted by Gasteiger charge is -2.08. The van der Waals surface area contributed by atoms with Gasteiger partial charge in [-0.2, -0.15) is 0 Å². The van der Waals surface area contributed by atoms with Crippen LogP contribution in [0, 0.1) is 0 Å².